The minimum Gasteiger partial charge on any atom is -0.493 e. The van der Waals surface area contributed by atoms with Gasteiger partial charge in [-0.1, -0.05) is 36.4 Å². The zero-order valence-electron chi connectivity index (χ0n) is 37.7. The predicted octanol–water partition coefficient (Wildman–Crippen LogP) is 7.99. The van der Waals surface area contributed by atoms with Crippen LogP contribution in [0.2, 0.25) is 0 Å². The number of fused-ring (bicyclic) bond motifs is 2. The Bertz CT molecular complexity index is 2270. The van der Waals surface area contributed by atoms with Gasteiger partial charge >= 0.3 is 17.9 Å². The Morgan fingerprint density at radius 2 is 1.14 bits per heavy atom. The number of esters is 1. The molecule has 336 valence electrons. The Morgan fingerprint density at radius 1 is 0.641 bits per heavy atom. The SMILES string of the molecule is [2H]C(c1ccccc1OCCCCCC(=O)O)N(C(=O)c1ccc2c(c1)CC(=O)N2)C1CC1.[2H]C(c1ccccc1OCCCCCC(=O)O)N(C(=O)c1ccc2c(c1)CC(=O)O2)C1CC1. The van der Waals surface area contributed by atoms with Crippen molar-refractivity contribution >= 4 is 41.3 Å². The Hall–Kier alpha value is -6.70. The van der Waals surface area contributed by atoms with E-state index < -0.39 is 25.0 Å². The summed E-state index contributed by atoms with van der Waals surface area (Å²) >= 11 is 0. The molecule has 2 unspecified atom stereocenters. The van der Waals surface area contributed by atoms with Crippen molar-refractivity contribution in [2.75, 3.05) is 18.5 Å². The number of hydrogen-bond acceptors (Lipinski definition) is 9. The molecule has 4 aliphatic rings. The van der Waals surface area contributed by atoms with Gasteiger partial charge in [0, 0.05) is 71.5 Å². The quantitative estimate of drug-likeness (QED) is 0.0394. The van der Waals surface area contributed by atoms with Crippen molar-refractivity contribution in [2.45, 2.75) is 115 Å². The summed E-state index contributed by atoms with van der Waals surface area (Å²) in [5.41, 5.74) is 4.38. The van der Waals surface area contributed by atoms with Crippen LogP contribution in [0.15, 0.2) is 84.9 Å². The second kappa shape index (κ2) is 21.6. The molecule has 2 aliphatic carbocycles. The second-order valence-corrected chi connectivity index (χ2v) is 16.4. The van der Waals surface area contributed by atoms with Gasteiger partial charge in [0.25, 0.3) is 11.8 Å². The number of carboxylic acids is 2. The largest absolute Gasteiger partial charge is 0.493 e. The van der Waals surface area contributed by atoms with E-state index in [9.17, 15) is 28.8 Å². The molecule has 14 nitrogen and oxygen atoms in total. The van der Waals surface area contributed by atoms with Crippen LogP contribution in [0.4, 0.5) is 5.69 Å². The highest BCUT2D eigenvalue weighted by atomic mass is 16.5. The molecule has 14 heteroatoms. The number of amides is 3. The maximum atomic E-state index is 13.4. The van der Waals surface area contributed by atoms with E-state index in [0.717, 1.165) is 56.2 Å². The highest BCUT2D eigenvalue weighted by molar-refractivity contribution is 6.02. The molecule has 4 aromatic rings. The number of aliphatic carboxylic acids is 2. The summed E-state index contributed by atoms with van der Waals surface area (Å²) < 4.78 is 34.8. The molecule has 0 bridgehead atoms. The fraction of sp³-hybridized carbons (Fsp3) is 0.400. The zero-order chi connectivity index (χ0) is 46.7. The van der Waals surface area contributed by atoms with Crippen LogP contribution in [-0.4, -0.2) is 80.9 Å². The van der Waals surface area contributed by atoms with E-state index in [0.29, 0.717) is 77.5 Å². The van der Waals surface area contributed by atoms with Crippen molar-refractivity contribution in [3.8, 4) is 17.2 Å². The first kappa shape index (κ1) is 42.6. The lowest BCUT2D eigenvalue weighted by Gasteiger charge is -2.24. The molecule has 4 aromatic carbocycles. The third-order valence-electron chi connectivity index (χ3n) is 11.2. The number of anilines is 1. The Kier molecular flexibility index (Phi) is 14.4. The first-order chi connectivity index (χ1) is 31.9. The number of carbonyl (C=O) groups excluding carboxylic acids is 4. The minimum atomic E-state index is -0.931. The van der Waals surface area contributed by atoms with Crippen molar-refractivity contribution < 1.29 is 55.9 Å². The molecular formula is C50H55N3O11. The fourth-order valence-corrected chi connectivity index (χ4v) is 7.50. The maximum absolute atomic E-state index is 13.4. The molecule has 2 saturated carbocycles. The summed E-state index contributed by atoms with van der Waals surface area (Å²) in [6, 6.07) is 24.7. The first-order valence-electron chi connectivity index (χ1n) is 23.2. The van der Waals surface area contributed by atoms with Gasteiger partial charge in [-0.05, 0) is 118 Å². The molecule has 2 fully saturated rings. The van der Waals surface area contributed by atoms with Gasteiger partial charge in [0.15, 0.2) is 0 Å². The smallest absolute Gasteiger partial charge is 0.315 e. The summed E-state index contributed by atoms with van der Waals surface area (Å²) in [6.07, 6.45) is 8.25. The average Bonchev–Trinajstić information content (AvgIpc) is 4.24. The van der Waals surface area contributed by atoms with E-state index >= 15 is 0 Å². The van der Waals surface area contributed by atoms with E-state index in [-0.39, 0.29) is 61.5 Å². The van der Waals surface area contributed by atoms with Crippen LogP contribution in [0, 0.1) is 0 Å². The number of carbonyl (C=O) groups is 6. The summed E-state index contributed by atoms with van der Waals surface area (Å²) in [7, 11) is 0. The maximum Gasteiger partial charge on any atom is 0.315 e. The molecule has 8 rings (SSSR count). The molecule has 64 heavy (non-hydrogen) atoms. The number of nitrogens with zero attached hydrogens (tertiary/aromatic N) is 2. The normalized spacial score (nSPS) is 16.0. The van der Waals surface area contributed by atoms with Crippen molar-refractivity contribution in [3.05, 3.63) is 118 Å². The lowest BCUT2D eigenvalue weighted by Crippen LogP contribution is -2.32. The molecule has 2 aliphatic heterocycles. The van der Waals surface area contributed by atoms with Gasteiger partial charge in [-0.2, -0.15) is 0 Å². The number of hydrogen-bond donors (Lipinski definition) is 3. The lowest BCUT2D eigenvalue weighted by molar-refractivity contribution is -0.138. The molecule has 2 heterocycles. The molecule has 0 saturated heterocycles. The number of para-hydroxylation sites is 2. The third-order valence-corrected chi connectivity index (χ3v) is 11.2. The summed E-state index contributed by atoms with van der Waals surface area (Å²) in [4.78, 5) is 74.5. The van der Waals surface area contributed by atoms with Gasteiger partial charge in [0.1, 0.15) is 17.2 Å². The number of carboxylic acid groups (broad SMARTS) is 2. The summed E-state index contributed by atoms with van der Waals surface area (Å²) in [5.74, 6) is -0.868. The van der Waals surface area contributed by atoms with E-state index in [1.165, 1.54) is 0 Å². The van der Waals surface area contributed by atoms with Gasteiger partial charge in [-0.25, -0.2) is 0 Å². The van der Waals surface area contributed by atoms with Crippen LogP contribution in [0.1, 0.15) is 123 Å². The van der Waals surface area contributed by atoms with Crippen molar-refractivity contribution in [1.82, 2.24) is 9.80 Å². The first-order valence-corrected chi connectivity index (χ1v) is 22.0. The average molecular weight is 876 g/mol. The van der Waals surface area contributed by atoms with Crippen LogP contribution in [0.3, 0.4) is 0 Å². The molecule has 0 spiro atoms. The van der Waals surface area contributed by atoms with Gasteiger partial charge in [-0.15, -0.1) is 0 Å². The van der Waals surface area contributed by atoms with Crippen molar-refractivity contribution in [1.29, 1.82) is 0 Å². The van der Waals surface area contributed by atoms with Gasteiger partial charge in [0.05, 0.1) is 28.8 Å². The predicted molar refractivity (Wildman–Crippen MR) is 236 cm³/mol. The van der Waals surface area contributed by atoms with Crippen LogP contribution in [-0.2, 0) is 45.1 Å². The van der Waals surface area contributed by atoms with E-state index in [1.807, 2.05) is 30.3 Å². The highest BCUT2D eigenvalue weighted by Gasteiger charge is 2.35. The number of ether oxygens (including phenoxy) is 3. The van der Waals surface area contributed by atoms with E-state index in [1.54, 1.807) is 64.4 Å². The highest BCUT2D eigenvalue weighted by Crippen LogP contribution is 2.35. The topological polar surface area (TPSA) is 189 Å². The standard InChI is InChI=1S/C25H28N2O5.C25H27NO6/c28-23-15-19-14-17(9-12-21(19)26-23)25(31)27(20-10-11-20)16-18-6-3-4-7-22(18)32-13-5-1-2-8-24(29)30;27-23(28)8-2-1-5-13-31-21-7-4-3-6-18(21)16-26(20-10-11-20)25(30)17-9-12-22-19(14-17)15-24(29)32-22/h3-4,6-7,9,12,14,20H,1-2,5,8,10-11,13,15-16H2,(H,26,28)(H,29,30);3-4,6-7,9,12,14,20H,1-2,5,8,10-11,13,15-16H2,(H,27,28)/i2*16D. The van der Waals surface area contributed by atoms with Crippen molar-refractivity contribution in [3.63, 3.8) is 0 Å². The number of rotatable bonds is 22. The van der Waals surface area contributed by atoms with E-state index in [2.05, 4.69) is 5.32 Å². The zero-order valence-corrected chi connectivity index (χ0v) is 35.7. The summed E-state index contributed by atoms with van der Waals surface area (Å²) in [6.45, 7) is -1.01. The monoisotopic (exact) mass is 875 g/mol. The number of unbranched alkanes of at least 4 members (excludes halogenated alkanes) is 4. The number of nitrogens with one attached hydrogen (secondary N) is 1. The van der Waals surface area contributed by atoms with Crippen LogP contribution in [0.25, 0.3) is 0 Å². The summed E-state index contributed by atoms with van der Waals surface area (Å²) in [5, 5.41) is 20.2. The Balaban J connectivity index is 0.000000196. The Morgan fingerprint density at radius 3 is 1.66 bits per heavy atom. The van der Waals surface area contributed by atoms with E-state index in [4.69, 9.17) is 27.2 Å². The van der Waals surface area contributed by atoms with Crippen LogP contribution in [0.5, 0.6) is 17.2 Å². The lowest BCUT2D eigenvalue weighted by atomic mass is 10.1. The molecular weight excluding hydrogens is 819 g/mol. The molecule has 2 atom stereocenters. The number of benzene rings is 4. The second-order valence-electron chi connectivity index (χ2n) is 16.4. The molecule has 0 aromatic heterocycles. The van der Waals surface area contributed by atoms with Gasteiger partial charge in [-0.3, -0.25) is 28.8 Å². The molecule has 3 N–H and O–H groups in total. The van der Waals surface area contributed by atoms with Gasteiger partial charge < -0.3 is 39.5 Å². The van der Waals surface area contributed by atoms with Crippen molar-refractivity contribution in [2.24, 2.45) is 0 Å². The van der Waals surface area contributed by atoms with Gasteiger partial charge in [0.2, 0.25) is 5.91 Å². The fourth-order valence-electron chi connectivity index (χ4n) is 7.50. The van der Waals surface area contributed by atoms with Crippen LogP contribution >= 0.6 is 0 Å². The Labute approximate surface area is 375 Å². The third kappa shape index (κ3) is 12.7. The molecule has 0 radical (unpaired) electrons. The molecule has 3 amide bonds. The van der Waals surface area contributed by atoms with Crippen LogP contribution < -0.4 is 19.5 Å². The minimum absolute atomic E-state index is 0.00443.